The number of rotatable bonds is 4. The van der Waals surface area contributed by atoms with E-state index in [1.165, 1.54) is 19.2 Å². The summed E-state index contributed by atoms with van der Waals surface area (Å²) in [7, 11) is 1.43. The molecule has 5 heteroatoms. The molecule has 0 spiro atoms. The van der Waals surface area contributed by atoms with Gasteiger partial charge in [-0.05, 0) is 30.7 Å². The first-order chi connectivity index (χ1) is 7.54. The van der Waals surface area contributed by atoms with Gasteiger partial charge in [-0.2, -0.15) is 0 Å². The van der Waals surface area contributed by atoms with Gasteiger partial charge in [0, 0.05) is 12.8 Å². The van der Waals surface area contributed by atoms with E-state index in [1.54, 1.807) is 13.0 Å². The lowest BCUT2D eigenvalue weighted by Gasteiger charge is -2.08. The number of nitrogens with one attached hydrogen (secondary N) is 1. The number of benzene rings is 1. The van der Waals surface area contributed by atoms with Crippen LogP contribution in [0.4, 0.5) is 5.69 Å². The van der Waals surface area contributed by atoms with Gasteiger partial charge in [-0.25, -0.2) is 4.79 Å². The highest BCUT2D eigenvalue weighted by atomic mass is 16.5. The average Bonchev–Trinajstić information content (AvgIpc) is 2.21. The first-order valence-corrected chi connectivity index (χ1v) is 4.67. The third-order valence-electron chi connectivity index (χ3n) is 2.02. The average molecular weight is 223 g/mol. The number of hydrogen-bond donors (Lipinski definition) is 2. The van der Waals surface area contributed by atoms with Gasteiger partial charge in [0.05, 0.1) is 5.56 Å². The van der Waals surface area contributed by atoms with Gasteiger partial charge in [-0.3, -0.25) is 4.79 Å². The fourth-order valence-corrected chi connectivity index (χ4v) is 1.25. The van der Waals surface area contributed by atoms with Gasteiger partial charge in [0.15, 0.2) is 0 Å². The van der Waals surface area contributed by atoms with Gasteiger partial charge < -0.3 is 15.2 Å². The Bertz CT molecular complexity index is 414. The van der Waals surface area contributed by atoms with Crippen molar-refractivity contribution in [3.05, 3.63) is 29.3 Å². The van der Waals surface area contributed by atoms with Crippen molar-refractivity contribution in [1.82, 2.24) is 0 Å². The number of hydrogen-bond acceptors (Lipinski definition) is 3. The summed E-state index contributed by atoms with van der Waals surface area (Å²) in [5.41, 5.74) is 1.48. The molecule has 5 nitrogen and oxygen atoms in total. The molecule has 1 amide bonds. The molecule has 0 saturated heterocycles. The molecule has 0 fully saturated rings. The van der Waals surface area contributed by atoms with E-state index in [-0.39, 0.29) is 18.1 Å². The number of anilines is 1. The van der Waals surface area contributed by atoms with E-state index in [0.29, 0.717) is 11.3 Å². The van der Waals surface area contributed by atoms with E-state index in [2.05, 4.69) is 10.1 Å². The topological polar surface area (TPSA) is 75.6 Å². The second-order valence-electron chi connectivity index (χ2n) is 3.32. The Balaban J connectivity index is 2.83. The summed E-state index contributed by atoms with van der Waals surface area (Å²) in [4.78, 5) is 21.9. The molecule has 1 rings (SSSR count). The van der Waals surface area contributed by atoms with Crippen LogP contribution in [0.25, 0.3) is 0 Å². The lowest BCUT2D eigenvalue weighted by atomic mass is 10.1. The molecule has 0 aliphatic rings. The highest BCUT2D eigenvalue weighted by Gasteiger charge is 2.07. The number of carboxylic acid groups (broad SMARTS) is 1. The zero-order chi connectivity index (χ0) is 12.1. The minimum absolute atomic E-state index is 0.0277. The molecule has 2 N–H and O–H groups in total. The van der Waals surface area contributed by atoms with E-state index in [1.807, 2.05) is 0 Å². The third kappa shape index (κ3) is 3.06. The quantitative estimate of drug-likeness (QED) is 0.806. The van der Waals surface area contributed by atoms with E-state index in [9.17, 15) is 9.59 Å². The van der Waals surface area contributed by atoms with Crippen LogP contribution >= 0.6 is 0 Å². The summed E-state index contributed by atoms with van der Waals surface area (Å²) in [6, 6.07) is 4.51. The first-order valence-electron chi connectivity index (χ1n) is 4.67. The zero-order valence-corrected chi connectivity index (χ0v) is 9.11. The fourth-order valence-electron chi connectivity index (χ4n) is 1.25. The SMILES string of the molecule is COCC(=O)Nc1ccc(C(=O)O)cc1C. The van der Waals surface area contributed by atoms with Crippen molar-refractivity contribution in [3.63, 3.8) is 0 Å². The van der Waals surface area contributed by atoms with Crippen LogP contribution in [-0.2, 0) is 9.53 Å². The maximum atomic E-state index is 11.2. The molecule has 0 bridgehead atoms. The third-order valence-corrected chi connectivity index (χ3v) is 2.02. The van der Waals surface area contributed by atoms with Crippen molar-refractivity contribution in [3.8, 4) is 0 Å². The molecule has 1 aromatic rings. The van der Waals surface area contributed by atoms with Crippen molar-refractivity contribution < 1.29 is 19.4 Å². The fraction of sp³-hybridized carbons (Fsp3) is 0.273. The summed E-state index contributed by atoms with van der Waals surface area (Å²) in [6.45, 7) is 1.70. The molecule has 0 radical (unpaired) electrons. The number of carboxylic acids is 1. The number of aryl methyl sites for hydroxylation is 1. The Labute approximate surface area is 93.0 Å². The summed E-state index contributed by atoms with van der Waals surface area (Å²) < 4.78 is 4.67. The van der Waals surface area contributed by atoms with Crippen LogP contribution < -0.4 is 5.32 Å². The Hall–Kier alpha value is -1.88. The molecular weight excluding hydrogens is 210 g/mol. The molecule has 0 unspecified atom stereocenters. The second kappa shape index (κ2) is 5.27. The standard InChI is InChI=1S/C11H13NO4/c1-7-5-8(11(14)15)3-4-9(7)12-10(13)6-16-2/h3-5H,6H2,1-2H3,(H,12,13)(H,14,15). The van der Waals surface area contributed by atoms with Crippen molar-refractivity contribution in [2.75, 3.05) is 19.0 Å². The predicted octanol–water partition coefficient (Wildman–Crippen LogP) is 1.28. The second-order valence-corrected chi connectivity index (χ2v) is 3.32. The molecule has 0 heterocycles. The van der Waals surface area contributed by atoms with E-state index >= 15 is 0 Å². The lowest BCUT2D eigenvalue weighted by molar-refractivity contribution is -0.119. The van der Waals surface area contributed by atoms with Crippen LogP contribution in [0.1, 0.15) is 15.9 Å². The number of methoxy groups -OCH3 is 1. The van der Waals surface area contributed by atoms with E-state index in [0.717, 1.165) is 0 Å². The summed E-state index contributed by atoms with van der Waals surface area (Å²) in [6.07, 6.45) is 0. The maximum Gasteiger partial charge on any atom is 0.335 e. The molecule has 1 aromatic carbocycles. The van der Waals surface area contributed by atoms with E-state index < -0.39 is 5.97 Å². The normalized spacial score (nSPS) is 9.88. The minimum atomic E-state index is -0.988. The van der Waals surface area contributed by atoms with Crippen LogP contribution in [0.15, 0.2) is 18.2 Å². The van der Waals surface area contributed by atoms with Crippen LogP contribution in [0.2, 0.25) is 0 Å². The highest BCUT2D eigenvalue weighted by molar-refractivity contribution is 5.94. The lowest BCUT2D eigenvalue weighted by Crippen LogP contribution is -2.17. The summed E-state index contributed by atoms with van der Waals surface area (Å²) in [5.74, 6) is -1.26. The van der Waals surface area contributed by atoms with Crippen molar-refractivity contribution in [2.45, 2.75) is 6.92 Å². The number of amides is 1. The number of carbonyl (C=O) groups excluding carboxylic acids is 1. The largest absolute Gasteiger partial charge is 0.478 e. The highest BCUT2D eigenvalue weighted by Crippen LogP contribution is 2.16. The Kier molecular flexibility index (Phi) is 4.02. The predicted molar refractivity (Wildman–Crippen MR) is 58.6 cm³/mol. The number of aromatic carboxylic acids is 1. The monoisotopic (exact) mass is 223 g/mol. The van der Waals surface area contributed by atoms with E-state index in [4.69, 9.17) is 5.11 Å². The van der Waals surface area contributed by atoms with Gasteiger partial charge in [0.25, 0.3) is 0 Å². The maximum absolute atomic E-state index is 11.2. The molecule has 0 aliphatic heterocycles. The Morgan fingerprint density at radius 2 is 2.12 bits per heavy atom. The van der Waals surface area contributed by atoms with Crippen LogP contribution in [-0.4, -0.2) is 30.7 Å². The molecule has 0 aliphatic carbocycles. The van der Waals surface area contributed by atoms with Gasteiger partial charge in [0.2, 0.25) is 5.91 Å². The summed E-state index contributed by atoms with van der Waals surface area (Å²) >= 11 is 0. The minimum Gasteiger partial charge on any atom is -0.478 e. The van der Waals surface area contributed by atoms with Gasteiger partial charge in [0.1, 0.15) is 6.61 Å². The molecule has 16 heavy (non-hydrogen) atoms. The Morgan fingerprint density at radius 1 is 1.44 bits per heavy atom. The van der Waals surface area contributed by atoms with Crippen molar-refractivity contribution >= 4 is 17.6 Å². The molecular formula is C11H13NO4. The van der Waals surface area contributed by atoms with Crippen LogP contribution in [0.5, 0.6) is 0 Å². The smallest absolute Gasteiger partial charge is 0.335 e. The van der Waals surface area contributed by atoms with Crippen molar-refractivity contribution in [1.29, 1.82) is 0 Å². The summed E-state index contributed by atoms with van der Waals surface area (Å²) in [5, 5.41) is 11.4. The van der Waals surface area contributed by atoms with Crippen molar-refractivity contribution in [2.24, 2.45) is 0 Å². The molecule has 86 valence electrons. The van der Waals surface area contributed by atoms with Crippen LogP contribution in [0, 0.1) is 6.92 Å². The zero-order valence-electron chi connectivity index (χ0n) is 9.11. The number of carbonyl (C=O) groups is 2. The van der Waals surface area contributed by atoms with Gasteiger partial charge in [-0.1, -0.05) is 0 Å². The molecule has 0 atom stereocenters. The molecule has 0 saturated carbocycles. The van der Waals surface area contributed by atoms with Gasteiger partial charge in [-0.15, -0.1) is 0 Å². The Morgan fingerprint density at radius 3 is 2.62 bits per heavy atom. The van der Waals surface area contributed by atoms with Crippen LogP contribution in [0.3, 0.4) is 0 Å². The van der Waals surface area contributed by atoms with Gasteiger partial charge >= 0.3 is 5.97 Å². The molecule has 0 aromatic heterocycles. The number of ether oxygens (including phenoxy) is 1. The first kappa shape index (κ1) is 12.2.